The SMILES string of the molecule is CC(C)n1cnc2cc(C(=O)NC3COC4(CCNCC4)C3)cnc21. The van der Waals surface area contributed by atoms with Crippen LogP contribution in [0.25, 0.3) is 11.2 Å². The first-order valence-electron chi connectivity index (χ1n) is 9.04. The number of ether oxygens (including phenoxy) is 1. The second-order valence-electron chi connectivity index (χ2n) is 7.43. The zero-order valence-electron chi connectivity index (χ0n) is 14.8. The summed E-state index contributed by atoms with van der Waals surface area (Å²) in [6, 6.07) is 2.16. The van der Waals surface area contributed by atoms with E-state index in [1.54, 1.807) is 12.5 Å². The summed E-state index contributed by atoms with van der Waals surface area (Å²) in [5.41, 5.74) is 2.05. The van der Waals surface area contributed by atoms with Crippen molar-refractivity contribution < 1.29 is 9.53 Å². The van der Waals surface area contributed by atoms with Crippen molar-refractivity contribution in [1.29, 1.82) is 0 Å². The molecule has 7 nitrogen and oxygen atoms in total. The van der Waals surface area contributed by atoms with Crippen LogP contribution in [0.2, 0.25) is 0 Å². The van der Waals surface area contributed by atoms with Crippen molar-refractivity contribution in [1.82, 2.24) is 25.2 Å². The maximum Gasteiger partial charge on any atom is 0.253 e. The Morgan fingerprint density at radius 3 is 2.96 bits per heavy atom. The second kappa shape index (κ2) is 6.38. The van der Waals surface area contributed by atoms with Gasteiger partial charge in [0.15, 0.2) is 5.65 Å². The van der Waals surface area contributed by atoms with Gasteiger partial charge >= 0.3 is 0 Å². The number of hydrogen-bond donors (Lipinski definition) is 2. The highest BCUT2D eigenvalue weighted by atomic mass is 16.5. The maximum absolute atomic E-state index is 12.6. The summed E-state index contributed by atoms with van der Waals surface area (Å²) in [6.07, 6.45) is 6.32. The molecule has 25 heavy (non-hydrogen) atoms. The van der Waals surface area contributed by atoms with E-state index in [9.17, 15) is 4.79 Å². The molecule has 2 aromatic rings. The lowest BCUT2D eigenvalue weighted by Gasteiger charge is -2.32. The van der Waals surface area contributed by atoms with Gasteiger partial charge in [0.2, 0.25) is 0 Å². The van der Waals surface area contributed by atoms with E-state index < -0.39 is 0 Å². The first-order chi connectivity index (χ1) is 12.1. The molecule has 1 atom stereocenters. The average Bonchev–Trinajstić information content (AvgIpc) is 3.19. The molecule has 2 aromatic heterocycles. The normalized spacial score (nSPS) is 22.8. The van der Waals surface area contributed by atoms with E-state index in [1.165, 1.54) is 0 Å². The van der Waals surface area contributed by atoms with Crippen molar-refractivity contribution >= 4 is 17.1 Å². The molecule has 0 aliphatic carbocycles. The van der Waals surface area contributed by atoms with Crippen molar-refractivity contribution in [3.05, 3.63) is 24.2 Å². The molecular formula is C18H25N5O2. The molecule has 0 bridgehead atoms. The number of piperidine rings is 1. The Morgan fingerprint density at radius 1 is 1.40 bits per heavy atom. The summed E-state index contributed by atoms with van der Waals surface area (Å²) in [5, 5.41) is 6.46. The minimum atomic E-state index is -0.104. The Labute approximate surface area is 147 Å². The number of pyridine rings is 1. The number of nitrogens with one attached hydrogen (secondary N) is 2. The van der Waals surface area contributed by atoms with Crippen LogP contribution in [0.5, 0.6) is 0 Å². The van der Waals surface area contributed by atoms with Gasteiger partial charge in [-0.25, -0.2) is 9.97 Å². The van der Waals surface area contributed by atoms with E-state index in [-0.39, 0.29) is 23.6 Å². The molecule has 4 heterocycles. The first-order valence-corrected chi connectivity index (χ1v) is 9.04. The fourth-order valence-electron chi connectivity index (χ4n) is 3.86. The number of amides is 1. The lowest BCUT2D eigenvalue weighted by molar-refractivity contribution is -0.0194. The molecule has 1 unspecified atom stereocenters. The van der Waals surface area contributed by atoms with Crippen LogP contribution in [0.4, 0.5) is 0 Å². The van der Waals surface area contributed by atoms with Gasteiger partial charge in [-0.05, 0) is 52.3 Å². The smallest absolute Gasteiger partial charge is 0.253 e. The molecule has 0 radical (unpaired) electrons. The number of imidazole rings is 1. The molecule has 4 rings (SSSR count). The van der Waals surface area contributed by atoms with Crippen LogP contribution in [-0.2, 0) is 4.74 Å². The summed E-state index contributed by atoms with van der Waals surface area (Å²) >= 11 is 0. The number of nitrogens with zero attached hydrogens (tertiary/aromatic N) is 3. The summed E-state index contributed by atoms with van der Waals surface area (Å²) in [5.74, 6) is -0.104. The Kier molecular flexibility index (Phi) is 4.21. The van der Waals surface area contributed by atoms with Gasteiger partial charge in [0, 0.05) is 12.2 Å². The Bertz CT molecular complexity index is 779. The Morgan fingerprint density at radius 2 is 2.20 bits per heavy atom. The van der Waals surface area contributed by atoms with Crippen LogP contribution in [0.15, 0.2) is 18.6 Å². The number of aromatic nitrogens is 3. The highest BCUT2D eigenvalue weighted by Crippen LogP contribution is 2.34. The van der Waals surface area contributed by atoms with Crippen molar-refractivity contribution in [3.63, 3.8) is 0 Å². The van der Waals surface area contributed by atoms with Gasteiger partial charge in [-0.2, -0.15) is 0 Å². The molecule has 2 saturated heterocycles. The standard InChI is InChI=1S/C18H25N5O2/c1-12(2)23-11-21-15-7-13(9-20-16(15)23)17(24)22-14-8-18(25-10-14)3-5-19-6-4-18/h7,9,11-12,14,19H,3-6,8,10H2,1-2H3,(H,22,24). The molecule has 1 amide bonds. The molecular weight excluding hydrogens is 318 g/mol. The molecule has 134 valence electrons. The number of carbonyl (C=O) groups is 1. The highest BCUT2D eigenvalue weighted by Gasteiger charge is 2.41. The lowest BCUT2D eigenvalue weighted by atomic mass is 9.88. The predicted molar refractivity (Wildman–Crippen MR) is 94.6 cm³/mol. The molecule has 2 N–H and O–H groups in total. The monoisotopic (exact) mass is 343 g/mol. The average molecular weight is 343 g/mol. The van der Waals surface area contributed by atoms with Crippen LogP contribution in [0.1, 0.15) is 49.5 Å². The number of fused-ring (bicyclic) bond motifs is 1. The number of rotatable bonds is 3. The Hall–Kier alpha value is -1.99. The van der Waals surface area contributed by atoms with Gasteiger partial charge in [-0.1, -0.05) is 0 Å². The fraction of sp³-hybridized carbons (Fsp3) is 0.611. The third-order valence-corrected chi connectivity index (χ3v) is 5.29. The second-order valence-corrected chi connectivity index (χ2v) is 7.43. The van der Waals surface area contributed by atoms with Gasteiger partial charge in [0.1, 0.15) is 5.52 Å². The zero-order valence-corrected chi connectivity index (χ0v) is 14.8. The van der Waals surface area contributed by atoms with Crippen molar-refractivity contribution in [3.8, 4) is 0 Å². The maximum atomic E-state index is 12.6. The quantitative estimate of drug-likeness (QED) is 0.886. The minimum absolute atomic E-state index is 0.0541. The molecule has 0 saturated carbocycles. The van der Waals surface area contributed by atoms with Crippen LogP contribution in [0, 0.1) is 0 Å². The van der Waals surface area contributed by atoms with Crippen LogP contribution in [-0.4, -0.2) is 51.8 Å². The van der Waals surface area contributed by atoms with E-state index in [2.05, 4.69) is 34.4 Å². The van der Waals surface area contributed by atoms with Crippen molar-refractivity contribution in [2.45, 2.75) is 50.8 Å². The highest BCUT2D eigenvalue weighted by molar-refractivity contribution is 5.96. The topological polar surface area (TPSA) is 81.1 Å². The van der Waals surface area contributed by atoms with Crippen molar-refractivity contribution in [2.75, 3.05) is 19.7 Å². The summed E-state index contributed by atoms with van der Waals surface area (Å²) in [7, 11) is 0. The Balaban J connectivity index is 1.45. The van der Waals surface area contributed by atoms with E-state index >= 15 is 0 Å². The van der Waals surface area contributed by atoms with E-state index in [1.807, 2.05) is 10.6 Å². The first kappa shape index (κ1) is 16.5. The van der Waals surface area contributed by atoms with E-state index in [4.69, 9.17) is 4.74 Å². The van der Waals surface area contributed by atoms with Gasteiger partial charge in [-0.3, -0.25) is 4.79 Å². The molecule has 2 aliphatic rings. The van der Waals surface area contributed by atoms with Gasteiger partial charge in [-0.15, -0.1) is 0 Å². The molecule has 7 heteroatoms. The zero-order chi connectivity index (χ0) is 17.4. The molecule has 1 spiro atoms. The summed E-state index contributed by atoms with van der Waals surface area (Å²) < 4.78 is 8.05. The molecule has 2 aliphatic heterocycles. The van der Waals surface area contributed by atoms with Crippen molar-refractivity contribution in [2.24, 2.45) is 0 Å². The summed E-state index contributed by atoms with van der Waals surface area (Å²) in [4.78, 5) is 21.4. The van der Waals surface area contributed by atoms with Crippen LogP contribution in [0.3, 0.4) is 0 Å². The fourth-order valence-corrected chi connectivity index (χ4v) is 3.86. The third-order valence-electron chi connectivity index (χ3n) is 5.29. The van der Waals surface area contributed by atoms with E-state index in [0.29, 0.717) is 12.2 Å². The largest absolute Gasteiger partial charge is 0.373 e. The lowest BCUT2D eigenvalue weighted by Crippen LogP contribution is -2.43. The summed E-state index contributed by atoms with van der Waals surface area (Å²) in [6.45, 7) is 6.73. The minimum Gasteiger partial charge on any atom is -0.373 e. The van der Waals surface area contributed by atoms with Crippen LogP contribution >= 0.6 is 0 Å². The predicted octanol–water partition coefficient (Wildman–Crippen LogP) is 1.65. The van der Waals surface area contributed by atoms with E-state index in [0.717, 1.165) is 43.5 Å². The number of hydrogen-bond acceptors (Lipinski definition) is 5. The van der Waals surface area contributed by atoms with Gasteiger partial charge < -0.3 is 19.9 Å². The molecule has 0 aromatic carbocycles. The van der Waals surface area contributed by atoms with Gasteiger partial charge in [0.05, 0.1) is 30.1 Å². The van der Waals surface area contributed by atoms with Crippen LogP contribution < -0.4 is 10.6 Å². The van der Waals surface area contributed by atoms with Gasteiger partial charge in [0.25, 0.3) is 5.91 Å². The molecule has 2 fully saturated rings. The number of carbonyl (C=O) groups excluding carboxylic acids is 1. The third kappa shape index (κ3) is 3.14.